The zero-order chi connectivity index (χ0) is 37.7. The van der Waals surface area contributed by atoms with E-state index in [2.05, 4.69) is 126 Å². The highest BCUT2D eigenvalue weighted by Gasteiger charge is 2.40. The maximum absolute atomic E-state index is 11.2. The van der Waals surface area contributed by atoms with Gasteiger partial charge in [-0.2, -0.15) is 0 Å². The molecule has 6 nitrogen and oxygen atoms in total. The van der Waals surface area contributed by atoms with E-state index in [1.54, 1.807) is 13.2 Å². The van der Waals surface area contributed by atoms with E-state index in [1.807, 2.05) is 30.3 Å². The van der Waals surface area contributed by atoms with Crippen molar-refractivity contribution in [2.75, 3.05) is 13.7 Å². The van der Waals surface area contributed by atoms with Gasteiger partial charge in [-0.25, -0.2) is 0 Å². The number of rotatable bonds is 20. The lowest BCUT2D eigenvalue weighted by atomic mass is 10.1. The van der Waals surface area contributed by atoms with Crippen LogP contribution < -0.4 is 4.74 Å². The molecule has 0 saturated heterocycles. The molecule has 0 aliphatic heterocycles. The average Bonchev–Trinajstić information content (AvgIpc) is 2.95. The molecule has 0 amide bonds. The fraction of sp³-hybridized carbons (Fsp3) is 0.675. The summed E-state index contributed by atoms with van der Waals surface area (Å²) in [4.78, 5) is 11.2. The third kappa shape index (κ3) is 16.1. The van der Waals surface area contributed by atoms with Crippen molar-refractivity contribution < 1.29 is 27.5 Å². The number of aldehydes is 1. The molecule has 0 unspecified atom stereocenters. The molecular formula is C40H72O6Si3. The van der Waals surface area contributed by atoms with Crippen molar-refractivity contribution in [2.45, 2.75) is 161 Å². The Morgan fingerprint density at radius 2 is 1.04 bits per heavy atom. The number of hydrogen-bond donors (Lipinski definition) is 0. The summed E-state index contributed by atoms with van der Waals surface area (Å²) in [5.41, 5.74) is 1.12. The molecular weight excluding hydrogens is 661 g/mol. The van der Waals surface area contributed by atoms with Gasteiger partial charge in [-0.1, -0.05) is 105 Å². The summed E-state index contributed by atoms with van der Waals surface area (Å²) in [6.07, 6.45) is 15.0. The molecule has 0 aromatic heterocycles. The van der Waals surface area contributed by atoms with Crippen LogP contribution in [0, 0.1) is 0 Å². The second kappa shape index (κ2) is 19.3. The minimum atomic E-state index is -2.06. The molecule has 49 heavy (non-hydrogen) atoms. The first kappa shape index (κ1) is 45.4. The van der Waals surface area contributed by atoms with Crippen LogP contribution in [0.2, 0.25) is 54.4 Å². The van der Waals surface area contributed by atoms with Gasteiger partial charge in [0.2, 0.25) is 0 Å². The van der Waals surface area contributed by atoms with Gasteiger partial charge in [0.25, 0.3) is 0 Å². The Bertz CT molecular complexity index is 1200. The van der Waals surface area contributed by atoms with Crippen molar-refractivity contribution in [1.29, 1.82) is 0 Å². The number of ether oxygens (including phenoxy) is 2. The van der Waals surface area contributed by atoms with E-state index in [9.17, 15) is 4.79 Å². The SMILES string of the molecule is COc1ccc(COCC[C@@H](/C=C/C[C@@H](/C=C/C[C@@H](/C=C/C=O)O[Si](C)(C)C(C)(C)C)O[Si](C)(C)C(C)(C)C)O[Si](C)(C)C(C)(C)C)cc1. The highest BCUT2D eigenvalue weighted by atomic mass is 28.4. The van der Waals surface area contributed by atoms with Gasteiger partial charge >= 0.3 is 0 Å². The van der Waals surface area contributed by atoms with Crippen LogP contribution in [0.4, 0.5) is 0 Å². The second-order valence-electron chi connectivity index (χ2n) is 17.8. The standard InChI is InChI=1S/C40H72O6Si3/c1-38(2,3)47(11,12)44-35(20-17-22-36(24-19-30-41)45-48(13,14)39(4,5)6)21-18-23-37(46-49(15,16)40(7,8)9)29-31-43-32-33-25-27-34(42-10)28-26-33/h17-20,23-28,30,35-37H,21-22,29,31-32H2,1-16H3/b20-17+,23-18+,24-19+/t35-,36+,37-/m1/s1. The van der Waals surface area contributed by atoms with E-state index in [4.69, 9.17) is 22.8 Å². The van der Waals surface area contributed by atoms with Crippen molar-refractivity contribution in [3.05, 3.63) is 66.3 Å². The number of methoxy groups -OCH3 is 1. The van der Waals surface area contributed by atoms with Gasteiger partial charge in [0.15, 0.2) is 25.0 Å². The van der Waals surface area contributed by atoms with Crippen LogP contribution in [0.15, 0.2) is 60.7 Å². The predicted molar refractivity (Wildman–Crippen MR) is 216 cm³/mol. The van der Waals surface area contributed by atoms with Crippen molar-refractivity contribution in [3.63, 3.8) is 0 Å². The van der Waals surface area contributed by atoms with E-state index < -0.39 is 25.0 Å². The molecule has 0 saturated carbocycles. The van der Waals surface area contributed by atoms with Gasteiger partial charge in [0.05, 0.1) is 32.0 Å². The first-order chi connectivity index (χ1) is 22.3. The summed E-state index contributed by atoms with van der Waals surface area (Å²) < 4.78 is 31.9. The molecule has 0 radical (unpaired) electrons. The molecule has 0 N–H and O–H groups in total. The molecule has 0 heterocycles. The summed E-state index contributed by atoms with van der Waals surface area (Å²) >= 11 is 0. The normalized spacial score (nSPS) is 16.1. The van der Waals surface area contributed by atoms with Crippen LogP contribution in [-0.4, -0.2) is 63.3 Å². The highest BCUT2D eigenvalue weighted by molar-refractivity contribution is 6.75. The lowest BCUT2D eigenvalue weighted by Gasteiger charge is -2.39. The summed E-state index contributed by atoms with van der Waals surface area (Å²) in [5.74, 6) is 0.844. The number of benzene rings is 1. The van der Waals surface area contributed by atoms with E-state index in [0.717, 1.165) is 30.4 Å². The quantitative estimate of drug-likeness (QED) is 0.0437. The first-order valence-corrected chi connectivity index (χ1v) is 26.8. The van der Waals surface area contributed by atoms with Crippen LogP contribution in [0.1, 0.15) is 87.1 Å². The Balaban J connectivity index is 3.20. The maximum Gasteiger partial charge on any atom is 0.192 e. The lowest BCUT2D eigenvalue weighted by Crippen LogP contribution is -2.44. The highest BCUT2D eigenvalue weighted by Crippen LogP contribution is 2.40. The molecule has 1 aromatic rings. The third-order valence-corrected chi connectivity index (χ3v) is 24.1. The molecule has 0 aliphatic carbocycles. The summed E-state index contributed by atoms with van der Waals surface area (Å²) in [6.45, 7) is 35.2. The van der Waals surface area contributed by atoms with Gasteiger partial charge in [-0.15, -0.1) is 0 Å². The van der Waals surface area contributed by atoms with Crippen molar-refractivity contribution in [1.82, 2.24) is 0 Å². The largest absolute Gasteiger partial charge is 0.497 e. The molecule has 0 spiro atoms. The minimum absolute atomic E-state index is 0.0508. The molecule has 1 aromatic carbocycles. The van der Waals surface area contributed by atoms with Gasteiger partial charge in [-0.05, 0) is 97.4 Å². The van der Waals surface area contributed by atoms with Gasteiger partial charge < -0.3 is 22.8 Å². The van der Waals surface area contributed by atoms with Crippen molar-refractivity contribution in [3.8, 4) is 5.75 Å². The number of carbonyl (C=O) groups excluding carboxylic acids is 1. The zero-order valence-electron chi connectivity index (χ0n) is 34.1. The van der Waals surface area contributed by atoms with E-state index >= 15 is 0 Å². The van der Waals surface area contributed by atoms with Gasteiger partial charge in [0, 0.05) is 6.61 Å². The average molecular weight is 733 g/mol. The Morgan fingerprint density at radius 1 is 0.633 bits per heavy atom. The molecule has 0 aliphatic rings. The second-order valence-corrected chi connectivity index (χ2v) is 32.1. The van der Waals surface area contributed by atoms with Crippen molar-refractivity contribution in [2.24, 2.45) is 0 Å². The Labute approximate surface area is 304 Å². The zero-order valence-corrected chi connectivity index (χ0v) is 37.1. The molecule has 3 atom stereocenters. The number of hydrogen-bond acceptors (Lipinski definition) is 6. The fourth-order valence-corrected chi connectivity index (χ4v) is 8.08. The van der Waals surface area contributed by atoms with E-state index in [0.29, 0.717) is 19.6 Å². The maximum atomic E-state index is 11.2. The van der Waals surface area contributed by atoms with Crippen LogP contribution in [0.5, 0.6) is 5.75 Å². The van der Waals surface area contributed by atoms with Gasteiger partial charge in [0.1, 0.15) is 12.0 Å². The molecule has 280 valence electrons. The first-order valence-electron chi connectivity index (χ1n) is 18.0. The van der Waals surface area contributed by atoms with Crippen molar-refractivity contribution >= 4 is 31.2 Å². The number of allylic oxidation sites excluding steroid dienone is 1. The lowest BCUT2D eigenvalue weighted by molar-refractivity contribution is -0.104. The molecule has 9 heteroatoms. The van der Waals surface area contributed by atoms with Crippen LogP contribution in [0.3, 0.4) is 0 Å². The Kier molecular flexibility index (Phi) is 17.9. The third-order valence-electron chi connectivity index (χ3n) is 10.6. The smallest absolute Gasteiger partial charge is 0.192 e. The topological polar surface area (TPSA) is 63.2 Å². The minimum Gasteiger partial charge on any atom is -0.497 e. The molecule has 1 rings (SSSR count). The monoisotopic (exact) mass is 732 g/mol. The van der Waals surface area contributed by atoms with Gasteiger partial charge in [-0.3, -0.25) is 4.79 Å². The van der Waals surface area contributed by atoms with E-state index in [1.165, 1.54) is 0 Å². The summed E-state index contributed by atoms with van der Waals surface area (Å²) in [5, 5.41) is 0.256. The van der Waals surface area contributed by atoms with Crippen LogP contribution in [-0.2, 0) is 29.4 Å². The predicted octanol–water partition coefficient (Wildman–Crippen LogP) is 11.4. The fourth-order valence-electron chi connectivity index (χ4n) is 4.20. The summed E-state index contributed by atoms with van der Waals surface area (Å²) in [6, 6.07) is 8.01. The Hall–Kier alpha value is -1.60. The van der Waals surface area contributed by atoms with E-state index in [-0.39, 0.29) is 33.4 Å². The number of carbonyl (C=O) groups is 1. The van der Waals surface area contributed by atoms with Crippen LogP contribution >= 0.6 is 0 Å². The van der Waals surface area contributed by atoms with Crippen LogP contribution in [0.25, 0.3) is 0 Å². The molecule has 0 fully saturated rings. The summed E-state index contributed by atoms with van der Waals surface area (Å²) in [7, 11) is -4.43. The molecule has 0 bridgehead atoms. The Morgan fingerprint density at radius 3 is 1.45 bits per heavy atom.